The van der Waals surface area contributed by atoms with Gasteiger partial charge in [-0.15, -0.1) is 0 Å². The quantitative estimate of drug-likeness (QED) is 0.482. The molecule has 0 radical (unpaired) electrons. The van der Waals surface area contributed by atoms with Gasteiger partial charge in [-0.25, -0.2) is 0 Å². The summed E-state index contributed by atoms with van der Waals surface area (Å²) in [6, 6.07) is 16.0. The molecule has 0 unspecified atom stereocenters. The minimum absolute atomic E-state index is 0.651. The molecule has 0 aliphatic heterocycles. The molecule has 6 nitrogen and oxygen atoms in total. The van der Waals surface area contributed by atoms with Crippen molar-refractivity contribution in [2.75, 3.05) is 32.6 Å². The lowest BCUT2D eigenvalue weighted by Crippen LogP contribution is -2.30. The number of benzene rings is 2. The lowest BCUT2D eigenvalue weighted by atomic mass is 10.1. The second-order valence-corrected chi connectivity index (χ2v) is 6.20. The smallest absolute Gasteiger partial charge is 0.195 e. The van der Waals surface area contributed by atoms with E-state index in [2.05, 4.69) is 39.9 Å². The van der Waals surface area contributed by atoms with Crippen molar-refractivity contribution in [2.24, 2.45) is 4.99 Å². The maximum Gasteiger partial charge on any atom is 0.195 e. The number of nitrogens with zero attached hydrogens (tertiary/aromatic N) is 2. The van der Waals surface area contributed by atoms with E-state index in [0.29, 0.717) is 18.0 Å². The van der Waals surface area contributed by atoms with E-state index in [4.69, 9.17) is 14.5 Å². The number of methoxy groups -OCH3 is 2. The van der Waals surface area contributed by atoms with Gasteiger partial charge in [-0.1, -0.05) is 24.3 Å². The Morgan fingerprint density at radius 1 is 1.04 bits per heavy atom. The average molecular weight is 378 g/mol. The van der Waals surface area contributed by atoms with Gasteiger partial charge in [-0.05, 0) is 37.1 Å². The van der Waals surface area contributed by atoms with Crippen LogP contribution in [0, 0.1) is 0 Å². The third-order valence-electron chi connectivity index (χ3n) is 4.36. The molecule has 1 aromatic heterocycles. The highest BCUT2D eigenvalue weighted by Gasteiger charge is 2.07. The van der Waals surface area contributed by atoms with Gasteiger partial charge in [0.15, 0.2) is 17.5 Å². The van der Waals surface area contributed by atoms with Crippen LogP contribution in [-0.2, 0) is 6.42 Å². The zero-order valence-electron chi connectivity index (χ0n) is 16.5. The lowest BCUT2D eigenvalue weighted by Gasteiger charge is -2.14. The van der Waals surface area contributed by atoms with Crippen LogP contribution in [0.5, 0.6) is 11.5 Å². The molecule has 0 amide bonds. The third kappa shape index (κ3) is 4.71. The number of aromatic nitrogens is 1. The van der Waals surface area contributed by atoms with E-state index in [1.54, 1.807) is 14.2 Å². The SMILES string of the molecule is CCNC(=NCCc1cccc2cccnc12)Nc1ccc(OC)c(OC)c1. The first-order valence-electron chi connectivity index (χ1n) is 9.35. The van der Waals surface area contributed by atoms with E-state index in [0.717, 1.165) is 35.5 Å². The van der Waals surface area contributed by atoms with Crippen LogP contribution in [0.25, 0.3) is 10.9 Å². The van der Waals surface area contributed by atoms with Crippen LogP contribution in [0.4, 0.5) is 5.69 Å². The maximum absolute atomic E-state index is 5.37. The van der Waals surface area contributed by atoms with Crippen molar-refractivity contribution in [1.82, 2.24) is 10.3 Å². The molecule has 3 rings (SSSR count). The number of pyridine rings is 1. The van der Waals surface area contributed by atoms with Crippen molar-refractivity contribution < 1.29 is 9.47 Å². The molecular formula is C22H26N4O2. The van der Waals surface area contributed by atoms with Gasteiger partial charge in [-0.2, -0.15) is 0 Å². The van der Waals surface area contributed by atoms with Gasteiger partial charge in [0.25, 0.3) is 0 Å². The Kier molecular flexibility index (Phi) is 6.68. The number of hydrogen-bond acceptors (Lipinski definition) is 4. The van der Waals surface area contributed by atoms with Crippen molar-refractivity contribution in [2.45, 2.75) is 13.3 Å². The molecule has 1 heterocycles. The highest BCUT2D eigenvalue weighted by molar-refractivity contribution is 5.94. The van der Waals surface area contributed by atoms with Gasteiger partial charge in [-0.3, -0.25) is 9.98 Å². The van der Waals surface area contributed by atoms with Gasteiger partial charge >= 0.3 is 0 Å². The van der Waals surface area contributed by atoms with Crippen molar-refractivity contribution in [3.05, 3.63) is 60.3 Å². The first-order chi connectivity index (χ1) is 13.7. The minimum Gasteiger partial charge on any atom is -0.493 e. The summed E-state index contributed by atoms with van der Waals surface area (Å²) in [5.74, 6) is 2.09. The van der Waals surface area contributed by atoms with Crippen molar-refractivity contribution in [1.29, 1.82) is 0 Å². The largest absolute Gasteiger partial charge is 0.493 e. The Hall–Kier alpha value is -3.28. The van der Waals surface area contributed by atoms with Gasteiger partial charge in [0.2, 0.25) is 0 Å². The molecule has 6 heteroatoms. The van der Waals surface area contributed by atoms with Crippen LogP contribution in [0.15, 0.2) is 59.7 Å². The number of nitrogens with one attached hydrogen (secondary N) is 2. The molecule has 146 valence electrons. The summed E-state index contributed by atoms with van der Waals surface area (Å²) in [6.07, 6.45) is 2.65. The summed E-state index contributed by atoms with van der Waals surface area (Å²) in [5.41, 5.74) is 3.12. The molecule has 0 saturated heterocycles. The maximum atomic E-state index is 5.37. The molecule has 0 fully saturated rings. The molecule has 0 aliphatic rings. The number of rotatable bonds is 7. The van der Waals surface area contributed by atoms with E-state index in [1.807, 2.05) is 37.4 Å². The zero-order valence-corrected chi connectivity index (χ0v) is 16.5. The number of para-hydroxylation sites is 1. The number of guanidine groups is 1. The topological polar surface area (TPSA) is 67.8 Å². The van der Waals surface area contributed by atoms with Crippen molar-refractivity contribution in [3.63, 3.8) is 0 Å². The van der Waals surface area contributed by atoms with Gasteiger partial charge in [0.05, 0.1) is 19.7 Å². The summed E-state index contributed by atoms with van der Waals surface area (Å²) in [5, 5.41) is 7.74. The Morgan fingerprint density at radius 3 is 2.64 bits per heavy atom. The molecule has 0 bridgehead atoms. The second-order valence-electron chi connectivity index (χ2n) is 6.20. The van der Waals surface area contributed by atoms with Crippen LogP contribution in [0.2, 0.25) is 0 Å². The normalized spacial score (nSPS) is 11.3. The number of ether oxygens (including phenoxy) is 2. The fraction of sp³-hybridized carbons (Fsp3) is 0.273. The Balaban J connectivity index is 1.72. The fourth-order valence-corrected chi connectivity index (χ4v) is 3.02. The molecule has 0 aliphatic carbocycles. The molecule has 2 N–H and O–H groups in total. The van der Waals surface area contributed by atoms with Crippen LogP contribution in [0.3, 0.4) is 0 Å². The van der Waals surface area contributed by atoms with E-state index >= 15 is 0 Å². The minimum atomic E-state index is 0.651. The van der Waals surface area contributed by atoms with Crippen molar-refractivity contribution in [3.8, 4) is 11.5 Å². The van der Waals surface area contributed by atoms with Crippen LogP contribution in [-0.4, -0.2) is 38.3 Å². The summed E-state index contributed by atoms with van der Waals surface area (Å²) < 4.78 is 10.7. The van der Waals surface area contributed by atoms with Gasteiger partial charge < -0.3 is 20.1 Å². The summed E-state index contributed by atoms with van der Waals surface area (Å²) in [6.45, 7) is 3.47. The molecule has 0 spiro atoms. The molecular weight excluding hydrogens is 352 g/mol. The predicted molar refractivity (Wildman–Crippen MR) is 115 cm³/mol. The van der Waals surface area contributed by atoms with E-state index in [-0.39, 0.29) is 0 Å². The summed E-state index contributed by atoms with van der Waals surface area (Å²) in [4.78, 5) is 9.22. The zero-order chi connectivity index (χ0) is 19.8. The Morgan fingerprint density at radius 2 is 1.86 bits per heavy atom. The monoisotopic (exact) mass is 378 g/mol. The van der Waals surface area contributed by atoms with E-state index < -0.39 is 0 Å². The van der Waals surface area contributed by atoms with Crippen LogP contribution >= 0.6 is 0 Å². The summed E-state index contributed by atoms with van der Waals surface area (Å²) >= 11 is 0. The predicted octanol–water partition coefficient (Wildman–Crippen LogP) is 3.87. The van der Waals surface area contributed by atoms with Crippen LogP contribution in [0.1, 0.15) is 12.5 Å². The Labute approximate surface area is 165 Å². The average Bonchev–Trinajstić information content (AvgIpc) is 2.74. The first kappa shape index (κ1) is 19.5. The highest BCUT2D eigenvalue weighted by atomic mass is 16.5. The second kappa shape index (κ2) is 9.60. The van der Waals surface area contributed by atoms with Gasteiger partial charge in [0.1, 0.15) is 0 Å². The highest BCUT2D eigenvalue weighted by Crippen LogP contribution is 2.29. The standard InChI is InChI=1S/C22H26N4O2/c1-4-23-22(26-18-10-11-19(27-2)20(15-18)28-3)25-14-12-17-8-5-7-16-9-6-13-24-21(16)17/h5-11,13,15H,4,12,14H2,1-3H3,(H2,23,25,26). The number of aliphatic imine (C=N–C) groups is 1. The summed E-state index contributed by atoms with van der Waals surface area (Å²) in [7, 11) is 3.25. The molecule has 0 saturated carbocycles. The van der Waals surface area contributed by atoms with E-state index in [1.165, 1.54) is 5.56 Å². The fourth-order valence-electron chi connectivity index (χ4n) is 3.02. The van der Waals surface area contributed by atoms with Crippen LogP contribution < -0.4 is 20.1 Å². The Bertz CT molecular complexity index is 951. The van der Waals surface area contributed by atoms with Gasteiger partial charge in [0, 0.05) is 36.4 Å². The first-order valence-corrected chi connectivity index (χ1v) is 9.35. The lowest BCUT2D eigenvalue weighted by molar-refractivity contribution is 0.355. The molecule has 3 aromatic rings. The molecule has 0 atom stereocenters. The molecule has 2 aromatic carbocycles. The number of anilines is 1. The number of hydrogen-bond donors (Lipinski definition) is 2. The third-order valence-corrected chi connectivity index (χ3v) is 4.36. The van der Waals surface area contributed by atoms with E-state index in [9.17, 15) is 0 Å². The number of fused-ring (bicyclic) bond motifs is 1. The molecule has 28 heavy (non-hydrogen) atoms. The van der Waals surface area contributed by atoms with Crippen molar-refractivity contribution >= 4 is 22.5 Å².